The number of piperazine rings is 1. The number of hydrogen-bond donors (Lipinski definition) is 1. The van der Waals surface area contributed by atoms with E-state index in [0.29, 0.717) is 22.7 Å². The van der Waals surface area contributed by atoms with Gasteiger partial charge >= 0.3 is 5.97 Å². The van der Waals surface area contributed by atoms with Gasteiger partial charge in [0.25, 0.3) is 0 Å². The van der Waals surface area contributed by atoms with Gasteiger partial charge < -0.3 is 19.5 Å². The Morgan fingerprint density at radius 1 is 0.950 bits per heavy atom. The van der Waals surface area contributed by atoms with E-state index in [1.165, 1.54) is 23.1 Å². The quantitative estimate of drug-likeness (QED) is 0.306. The summed E-state index contributed by atoms with van der Waals surface area (Å²) in [6, 6.07) is 20.8. The van der Waals surface area contributed by atoms with Crippen molar-refractivity contribution < 1.29 is 19.4 Å². The first-order valence-corrected chi connectivity index (χ1v) is 14.2. The van der Waals surface area contributed by atoms with Crippen molar-refractivity contribution in [2.75, 3.05) is 44.7 Å². The molecular weight excluding hydrogens is 524 g/mol. The summed E-state index contributed by atoms with van der Waals surface area (Å²) < 4.78 is 11.2. The largest absolute Gasteiger partial charge is 0.497 e. The summed E-state index contributed by atoms with van der Waals surface area (Å²) in [6.45, 7) is 9.31. The molecule has 6 nitrogen and oxygen atoms in total. The van der Waals surface area contributed by atoms with Crippen molar-refractivity contribution in [1.82, 2.24) is 4.90 Å². The van der Waals surface area contributed by atoms with Gasteiger partial charge in [-0.15, -0.1) is 0 Å². The molecule has 5 rings (SSSR count). The van der Waals surface area contributed by atoms with Crippen LogP contribution >= 0.6 is 11.6 Å². The lowest BCUT2D eigenvalue weighted by molar-refractivity contribution is 0.0694. The molecular formula is C33H37ClN2O4. The van der Waals surface area contributed by atoms with Crippen LogP contribution in [-0.4, -0.2) is 55.8 Å². The van der Waals surface area contributed by atoms with Gasteiger partial charge in [-0.05, 0) is 84.3 Å². The van der Waals surface area contributed by atoms with E-state index in [2.05, 4.69) is 35.8 Å². The Hall–Kier alpha value is -3.48. The highest BCUT2D eigenvalue weighted by molar-refractivity contribution is 6.30. The van der Waals surface area contributed by atoms with E-state index in [4.69, 9.17) is 21.1 Å². The van der Waals surface area contributed by atoms with E-state index in [1.807, 2.05) is 24.3 Å². The molecule has 1 fully saturated rings. The summed E-state index contributed by atoms with van der Waals surface area (Å²) in [5, 5.41) is 10.5. The molecule has 7 heteroatoms. The molecule has 1 saturated heterocycles. The van der Waals surface area contributed by atoms with Crippen LogP contribution in [0, 0.1) is 5.41 Å². The number of carboxylic acids is 1. The average Bonchev–Trinajstić information content (AvgIpc) is 2.95. The Labute approximate surface area is 241 Å². The molecule has 0 radical (unpaired) electrons. The first-order chi connectivity index (χ1) is 19.2. The summed E-state index contributed by atoms with van der Waals surface area (Å²) >= 11 is 6.18. The van der Waals surface area contributed by atoms with Gasteiger partial charge in [0.05, 0.1) is 7.11 Å². The van der Waals surface area contributed by atoms with Gasteiger partial charge in [-0.3, -0.25) is 4.90 Å². The van der Waals surface area contributed by atoms with Crippen molar-refractivity contribution in [2.45, 2.75) is 33.1 Å². The zero-order valence-electron chi connectivity index (χ0n) is 23.5. The molecule has 1 aliphatic carbocycles. The molecule has 0 saturated carbocycles. The van der Waals surface area contributed by atoms with Gasteiger partial charge in [-0.1, -0.05) is 43.2 Å². The van der Waals surface area contributed by atoms with Gasteiger partial charge in [-0.25, -0.2) is 4.79 Å². The number of aromatic carboxylic acids is 1. The van der Waals surface area contributed by atoms with E-state index in [1.54, 1.807) is 37.4 Å². The molecule has 1 aliphatic heterocycles. The minimum absolute atomic E-state index is 0.139. The minimum atomic E-state index is -1.01. The lowest BCUT2D eigenvalue weighted by Gasteiger charge is -2.39. The van der Waals surface area contributed by atoms with Gasteiger partial charge in [0.15, 0.2) is 0 Å². The lowest BCUT2D eigenvalue weighted by Crippen LogP contribution is -2.47. The molecule has 0 unspecified atom stereocenters. The van der Waals surface area contributed by atoms with Crippen LogP contribution in [0.3, 0.4) is 0 Å². The molecule has 0 spiro atoms. The first kappa shape index (κ1) is 28.1. The number of allylic oxidation sites excluding steroid dienone is 1. The van der Waals surface area contributed by atoms with E-state index in [0.717, 1.165) is 56.3 Å². The van der Waals surface area contributed by atoms with Crippen molar-refractivity contribution in [1.29, 1.82) is 0 Å². The van der Waals surface area contributed by atoms with Crippen LogP contribution in [-0.2, 0) is 0 Å². The zero-order chi connectivity index (χ0) is 28.3. The molecule has 40 heavy (non-hydrogen) atoms. The Morgan fingerprint density at radius 2 is 1.62 bits per heavy atom. The normalized spacial score (nSPS) is 17.6. The van der Waals surface area contributed by atoms with Crippen molar-refractivity contribution in [3.63, 3.8) is 0 Å². The molecule has 0 amide bonds. The topological polar surface area (TPSA) is 62.2 Å². The Kier molecular flexibility index (Phi) is 8.38. The van der Waals surface area contributed by atoms with Crippen LogP contribution in [0.4, 0.5) is 5.69 Å². The van der Waals surface area contributed by atoms with E-state index in [-0.39, 0.29) is 5.56 Å². The number of halogens is 1. The maximum Gasteiger partial charge on any atom is 0.339 e. The second kappa shape index (κ2) is 11.9. The maximum absolute atomic E-state index is 11.9. The molecule has 0 atom stereocenters. The van der Waals surface area contributed by atoms with Crippen LogP contribution in [0.25, 0.3) is 5.57 Å². The monoisotopic (exact) mass is 560 g/mol. The Bertz CT molecular complexity index is 1370. The highest BCUT2D eigenvalue weighted by atomic mass is 35.5. The predicted octanol–water partition coefficient (Wildman–Crippen LogP) is 7.63. The number of anilines is 1. The van der Waals surface area contributed by atoms with Crippen LogP contribution in [0.5, 0.6) is 17.2 Å². The van der Waals surface area contributed by atoms with Crippen LogP contribution in [0.1, 0.15) is 49.0 Å². The lowest BCUT2D eigenvalue weighted by atomic mass is 9.72. The number of methoxy groups -OCH3 is 1. The molecule has 210 valence electrons. The van der Waals surface area contributed by atoms with E-state index >= 15 is 0 Å². The average molecular weight is 561 g/mol. The van der Waals surface area contributed by atoms with Gasteiger partial charge in [0.2, 0.25) is 0 Å². The second-order valence-electron chi connectivity index (χ2n) is 11.5. The molecule has 0 bridgehead atoms. The van der Waals surface area contributed by atoms with Crippen LogP contribution < -0.4 is 14.4 Å². The number of benzene rings is 3. The van der Waals surface area contributed by atoms with Crippen molar-refractivity contribution >= 4 is 28.8 Å². The summed E-state index contributed by atoms with van der Waals surface area (Å²) in [7, 11) is 1.60. The Morgan fingerprint density at radius 3 is 2.27 bits per heavy atom. The number of ether oxygens (including phenoxy) is 2. The zero-order valence-corrected chi connectivity index (χ0v) is 24.2. The third-order valence-corrected chi connectivity index (χ3v) is 8.27. The van der Waals surface area contributed by atoms with Crippen LogP contribution in [0.2, 0.25) is 5.02 Å². The first-order valence-electron chi connectivity index (χ1n) is 13.8. The standard InChI is InChI=1S/C33H37ClN2O4/c1-33(2)15-14-24(30(21-33)23-4-6-25(34)7-5-23)22-35-16-18-36(19-17-35)26-8-13-29(32(37)38)31(20-26)40-28-11-9-27(39-3)10-12-28/h4-13,20H,14-19,21-22H2,1-3H3,(H,37,38). The summed E-state index contributed by atoms with van der Waals surface area (Å²) in [5.41, 5.74) is 5.70. The number of nitrogens with zero attached hydrogens (tertiary/aromatic N) is 2. The SMILES string of the molecule is COc1ccc(Oc2cc(N3CCN(CC4=C(c5ccc(Cl)cc5)CC(C)(C)CC4)CC3)ccc2C(=O)O)cc1. The molecule has 0 aromatic heterocycles. The summed E-state index contributed by atoms with van der Waals surface area (Å²) in [4.78, 5) is 16.7. The fourth-order valence-electron chi connectivity index (χ4n) is 5.64. The highest BCUT2D eigenvalue weighted by Gasteiger charge is 2.29. The van der Waals surface area contributed by atoms with Gasteiger partial charge in [0.1, 0.15) is 22.8 Å². The molecule has 3 aromatic carbocycles. The van der Waals surface area contributed by atoms with E-state index < -0.39 is 5.97 Å². The van der Waals surface area contributed by atoms with Crippen molar-refractivity contribution in [3.8, 4) is 17.2 Å². The van der Waals surface area contributed by atoms with Crippen LogP contribution in [0.15, 0.2) is 72.3 Å². The maximum atomic E-state index is 11.9. The third-order valence-electron chi connectivity index (χ3n) is 8.01. The van der Waals surface area contributed by atoms with Crippen molar-refractivity contribution in [3.05, 3.63) is 88.5 Å². The third kappa shape index (κ3) is 6.62. The van der Waals surface area contributed by atoms with Gasteiger partial charge in [0, 0.05) is 49.5 Å². The number of hydrogen-bond acceptors (Lipinski definition) is 5. The molecule has 1 heterocycles. The second-order valence-corrected chi connectivity index (χ2v) is 11.9. The fraction of sp³-hybridized carbons (Fsp3) is 0.364. The number of carbonyl (C=O) groups is 1. The number of carboxylic acid groups (broad SMARTS) is 1. The molecule has 1 N–H and O–H groups in total. The summed E-state index contributed by atoms with van der Waals surface area (Å²) in [5.74, 6) is 0.594. The highest BCUT2D eigenvalue weighted by Crippen LogP contribution is 2.43. The molecule has 2 aliphatic rings. The Balaban J connectivity index is 1.29. The van der Waals surface area contributed by atoms with Crippen molar-refractivity contribution in [2.24, 2.45) is 5.41 Å². The van der Waals surface area contributed by atoms with E-state index in [9.17, 15) is 9.90 Å². The number of rotatable bonds is 8. The molecule has 3 aromatic rings. The van der Waals surface area contributed by atoms with Gasteiger partial charge in [-0.2, -0.15) is 0 Å². The smallest absolute Gasteiger partial charge is 0.339 e. The fourth-order valence-corrected chi connectivity index (χ4v) is 5.76. The summed E-state index contributed by atoms with van der Waals surface area (Å²) in [6.07, 6.45) is 3.40. The minimum Gasteiger partial charge on any atom is -0.497 e. The predicted molar refractivity (Wildman–Crippen MR) is 161 cm³/mol.